The lowest BCUT2D eigenvalue weighted by atomic mass is 10.0. The number of nitrogens with one attached hydrogen (secondary N) is 1. The summed E-state index contributed by atoms with van der Waals surface area (Å²) in [6.45, 7) is 6.80. The van der Waals surface area contributed by atoms with Gasteiger partial charge in [-0.1, -0.05) is 25.1 Å². The number of hydrazine groups is 1. The second kappa shape index (κ2) is 4.74. The predicted molar refractivity (Wildman–Crippen MR) is 67.1 cm³/mol. The van der Waals surface area contributed by atoms with E-state index in [4.69, 9.17) is 4.99 Å². The van der Waals surface area contributed by atoms with Crippen LogP contribution in [0.2, 0.25) is 0 Å². The Morgan fingerprint density at radius 3 is 2.73 bits per heavy atom. The molecule has 0 bridgehead atoms. The van der Waals surface area contributed by atoms with Gasteiger partial charge in [0.05, 0.1) is 5.54 Å². The van der Waals surface area contributed by atoms with E-state index in [0.29, 0.717) is 0 Å². The summed E-state index contributed by atoms with van der Waals surface area (Å²) in [5.41, 5.74) is 3.62. The molecular formula is C11H21N3S. The van der Waals surface area contributed by atoms with Gasteiger partial charge in [-0.25, -0.2) is 5.01 Å². The maximum absolute atomic E-state index is 4.76. The molecule has 1 N–H and O–H groups in total. The van der Waals surface area contributed by atoms with E-state index in [1.165, 1.54) is 32.4 Å². The molecule has 2 aliphatic heterocycles. The third kappa shape index (κ3) is 2.88. The summed E-state index contributed by atoms with van der Waals surface area (Å²) in [7, 11) is 0. The van der Waals surface area contributed by atoms with E-state index in [-0.39, 0.29) is 5.54 Å². The number of amidine groups is 1. The van der Waals surface area contributed by atoms with Crippen LogP contribution >= 0.6 is 11.8 Å². The van der Waals surface area contributed by atoms with Crippen molar-refractivity contribution in [1.82, 2.24) is 10.4 Å². The number of hydrogen-bond acceptors (Lipinski definition) is 4. The van der Waals surface area contributed by atoms with E-state index in [1.54, 1.807) is 0 Å². The summed E-state index contributed by atoms with van der Waals surface area (Å²) in [5.74, 6) is 1.12. The van der Waals surface area contributed by atoms with Crippen molar-refractivity contribution in [3.05, 3.63) is 0 Å². The highest BCUT2D eigenvalue weighted by Gasteiger charge is 2.29. The van der Waals surface area contributed by atoms with Crippen LogP contribution in [0.5, 0.6) is 0 Å². The van der Waals surface area contributed by atoms with Crippen LogP contribution < -0.4 is 5.43 Å². The summed E-state index contributed by atoms with van der Waals surface area (Å²) in [6, 6.07) is 0. The van der Waals surface area contributed by atoms with Crippen LogP contribution in [0, 0.1) is 0 Å². The highest BCUT2D eigenvalue weighted by Crippen LogP contribution is 2.29. The molecule has 2 heterocycles. The van der Waals surface area contributed by atoms with Crippen molar-refractivity contribution in [3.8, 4) is 0 Å². The first kappa shape index (κ1) is 11.3. The monoisotopic (exact) mass is 227 g/mol. The van der Waals surface area contributed by atoms with Gasteiger partial charge in [-0.3, -0.25) is 10.4 Å². The molecule has 4 heteroatoms. The van der Waals surface area contributed by atoms with Crippen LogP contribution in [0.1, 0.15) is 39.5 Å². The zero-order chi connectivity index (χ0) is 10.7. The quantitative estimate of drug-likeness (QED) is 0.784. The van der Waals surface area contributed by atoms with E-state index >= 15 is 0 Å². The standard InChI is InChI=1S/C11H21N3S/c1-3-11(2)9-15-10(12-11)13-14-7-5-4-6-8-14/h3-9H2,1-2H3,(H,12,13). The Balaban J connectivity index is 1.87. The van der Waals surface area contributed by atoms with Crippen LogP contribution in [0.4, 0.5) is 0 Å². The van der Waals surface area contributed by atoms with Crippen molar-refractivity contribution < 1.29 is 0 Å². The Morgan fingerprint density at radius 1 is 1.40 bits per heavy atom. The fraction of sp³-hybridized carbons (Fsp3) is 0.909. The Kier molecular flexibility index (Phi) is 3.57. The topological polar surface area (TPSA) is 27.6 Å². The number of piperidine rings is 1. The Hall–Kier alpha value is -0.220. The van der Waals surface area contributed by atoms with E-state index in [9.17, 15) is 0 Å². The van der Waals surface area contributed by atoms with Crippen LogP contribution in [0.3, 0.4) is 0 Å². The van der Waals surface area contributed by atoms with Gasteiger partial charge in [-0.05, 0) is 26.2 Å². The number of nitrogens with zero attached hydrogens (tertiary/aromatic N) is 2. The third-order valence-electron chi connectivity index (χ3n) is 3.26. The number of hydrogen-bond donors (Lipinski definition) is 1. The molecule has 0 spiro atoms. The summed E-state index contributed by atoms with van der Waals surface area (Å²) in [6.07, 6.45) is 5.14. The van der Waals surface area contributed by atoms with E-state index in [1.807, 2.05) is 11.8 Å². The normalized spacial score (nSPS) is 32.8. The first-order valence-electron chi connectivity index (χ1n) is 5.96. The van der Waals surface area contributed by atoms with Crippen molar-refractivity contribution in [2.24, 2.45) is 4.99 Å². The lowest BCUT2D eigenvalue weighted by Crippen LogP contribution is -2.43. The molecule has 0 aromatic carbocycles. The van der Waals surface area contributed by atoms with Crippen molar-refractivity contribution in [2.45, 2.75) is 45.1 Å². The van der Waals surface area contributed by atoms with Gasteiger partial charge in [0.25, 0.3) is 0 Å². The number of thioether (sulfide) groups is 1. The fourth-order valence-electron chi connectivity index (χ4n) is 1.91. The summed E-state index contributed by atoms with van der Waals surface area (Å²) >= 11 is 1.86. The molecule has 1 unspecified atom stereocenters. The summed E-state index contributed by atoms with van der Waals surface area (Å²) < 4.78 is 0. The highest BCUT2D eigenvalue weighted by molar-refractivity contribution is 8.14. The van der Waals surface area contributed by atoms with Gasteiger partial charge < -0.3 is 0 Å². The zero-order valence-electron chi connectivity index (χ0n) is 9.75. The minimum absolute atomic E-state index is 0.169. The average molecular weight is 227 g/mol. The van der Waals surface area contributed by atoms with E-state index < -0.39 is 0 Å². The van der Waals surface area contributed by atoms with Gasteiger partial charge in [-0.2, -0.15) is 0 Å². The second-order valence-electron chi connectivity index (χ2n) is 4.72. The van der Waals surface area contributed by atoms with Crippen LogP contribution in [0.15, 0.2) is 4.99 Å². The molecule has 0 aromatic heterocycles. The molecule has 0 aromatic rings. The van der Waals surface area contributed by atoms with E-state index in [0.717, 1.165) is 17.3 Å². The molecular weight excluding hydrogens is 206 g/mol. The smallest absolute Gasteiger partial charge is 0.171 e. The molecule has 0 saturated carbocycles. The van der Waals surface area contributed by atoms with Gasteiger partial charge in [0.1, 0.15) is 0 Å². The van der Waals surface area contributed by atoms with Gasteiger partial charge >= 0.3 is 0 Å². The Bertz CT molecular complexity index is 248. The van der Waals surface area contributed by atoms with Gasteiger partial charge in [0.2, 0.25) is 0 Å². The number of aliphatic imine (C=N–C) groups is 1. The Labute approximate surface area is 96.7 Å². The average Bonchev–Trinajstić information content (AvgIpc) is 2.63. The fourth-order valence-corrected chi connectivity index (χ4v) is 3.11. The van der Waals surface area contributed by atoms with Crippen molar-refractivity contribution in [1.29, 1.82) is 0 Å². The summed E-state index contributed by atoms with van der Waals surface area (Å²) in [5, 5.41) is 3.44. The molecule has 2 rings (SSSR count). The first-order chi connectivity index (χ1) is 7.22. The SMILES string of the molecule is CCC1(C)CSC(NN2CCCCC2)=N1. The first-order valence-corrected chi connectivity index (χ1v) is 6.95. The van der Waals surface area contributed by atoms with Crippen molar-refractivity contribution in [3.63, 3.8) is 0 Å². The van der Waals surface area contributed by atoms with Crippen molar-refractivity contribution >= 4 is 16.9 Å². The molecule has 1 saturated heterocycles. The number of rotatable bonds is 2. The van der Waals surface area contributed by atoms with Gasteiger partial charge in [0.15, 0.2) is 5.17 Å². The largest absolute Gasteiger partial charge is 0.298 e. The zero-order valence-corrected chi connectivity index (χ0v) is 10.6. The minimum atomic E-state index is 0.169. The van der Waals surface area contributed by atoms with Gasteiger partial charge in [-0.15, -0.1) is 0 Å². The lowest BCUT2D eigenvalue weighted by Gasteiger charge is -2.27. The van der Waals surface area contributed by atoms with E-state index in [2.05, 4.69) is 24.3 Å². The highest BCUT2D eigenvalue weighted by atomic mass is 32.2. The van der Waals surface area contributed by atoms with Crippen LogP contribution in [-0.2, 0) is 0 Å². The molecule has 0 amide bonds. The second-order valence-corrected chi connectivity index (χ2v) is 5.68. The lowest BCUT2D eigenvalue weighted by molar-refractivity contribution is 0.196. The third-order valence-corrected chi connectivity index (χ3v) is 4.49. The molecule has 0 aliphatic carbocycles. The maximum Gasteiger partial charge on any atom is 0.171 e. The van der Waals surface area contributed by atoms with Crippen LogP contribution in [-0.4, -0.2) is 34.6 Å². The predicted octanol–water partition coefficient (Wildman–Crippen LogP) is 2.25. The summed E-state index contributed by atoms with van der Waals surface area (Å²) in [4.78, 5) is 4.76. The van der Waals surface area contributed by atoms with Crippen LogP contribution in [0.25, 0.3) is 0 Å². The molecule has 3 nitrogen and oxygen atoms in total. The Morgan fingerprint density at radius 2 is 2.13 bits per heavy atom. The molecule has 1 atom stereocenters. The minimum Gasteiger partial charge on any atom is -0.298 e. The van der Waals surface area contributed by atoms with Crippen molar-refractivity contribution in [2.75, 3.05) is 18.8 Å². The molecule has 1 fully saturated rings. The molecule has 0 radical (unpaired) electrons. The molecule has 15 heavy (non-hydrogen) atoms. The maximum atomic E-state index is 4.76. The molecule has 86 valence electrons. The molecule has 2 aliphatic rings. The van der Waals surface area contributed by atoms with Gasteiger partial charge in [0, 0.05) is 18.8 Å².